The molecule has 0 aliphatic rings. The maximum absolute atomic E-state index is 5.61. The normalized spacial score (nSPS) is 15.4. The third kappa shape index (κ3) is 8.48. The first kappa shape index (κ1) is 13.9. The Bertz CT molecular complexity index is 120. The molecule has 0 saturated heterocycles. The van der Waals surface area contributed by atoms with Crippen molar-refractivity contribution in [2.24, 2.45) is 11.7 Å². The zero-order chi connectivity index (χ0) is 10.8. The number of hydrogen-bond acceptors (Lipinski definition) is 3. The van der Waals surface area contributed by atoms with Crippen molar-refractivity contribution in [1.29, 1.82) is 0 Å². The Kier molecular flexibility index (Phi) is 9.35. The molecule has 2 unspecified atom stereocenters. The van der Waals surface area contributed by atoms with Crippen molar-refractivity contribution in [2.45, 2.75) is 39.2 Å². The van der Waals surface area contributed by atoms with E-state index in [0.29, 0.717) is 18.6 Å². The van der Waals surface area contributed by atoms with Crippen LogP contribution < -0.4 is 5.73 Å². The van der Waals surface area contributed by atoms with E-state index in [0.717, 1.165) is 32.5 Å². The zero-order valence-electron chi connectivity index (χ0n) is 9.79. The Balaban J connectivity index is 3.35. The lowest BCUT2D eigenvalue weighted by atomic mass is 10.0. The molecule has 0 bridgehead atoms. The summed E-state index contributed by atoms with van der Waals surface area (Å²) in [5.41, 5.74) is 5.39. The van der Waals surface area contributed by atoms with Gasteiger partial charge in [0, 0.05) is 20.3 Å². The number of methoxy groups -OCH3 is 1. The molecule has 3 heteroatoms. The van der Waals surface area contributed by atoms with Crippen LogP contribution in [-0.4, -0.2) is 33.0 Å². The predicted octanol–water partition coefficient (Wildman–Crippen LogP) is 1.80. The zero-order valence-corrected chi connectivity index (χ0v) is 9.79. The molecule has 14 heavy (non-hydrogen) atoms. The van der Waals surface area contributed by atoms with Gasteiger partial charge in [0.15, 0.2) is 0 Å². The number of hydrogen-bond donors (Lipinski definition) is 1. The Morgan fingerprint density at radius 1 is 1.21 bits per heavy atom. The van der Waals surface area contributed by atoms with Gasteiger partial charge in [-0.25, -0.2) is 0 Å². The molecule has 3 nitrogen and oxygen atoms in total. The highest BCUT2D eigenvalue weighted by atomic mass is 16.5. The predicted molar refractivity (Wildman–Crippen MR) is 59.4 cm³/mol. The summed E-state index contributed by atoms with van der Waals surface area (Å²) in [6.45, 7) is 6.71. The van der Waals surface area contributed by atoms with Crippen LogP contribution in [0.1, 0.15) is 33.1 Å². The molecule has 0 amide bonds. The number of nitrogens with two attached hydrogens (primary N) is 1. The van der Waals surface area contributed by atoms with Crippen LogP contribution in [0, 0.1) is 5.92 Å². The van der Waals surface area contributed by atoms with Gasteiger partial charge in [-0.2, -0.15) is 0 Å². The summed E-state index contributed by atoms with van der Waals surface area (Å²) in [6, 6.07) is 0. The summed E-state index contributed by atoms with van der Waals surface area (Å²) in [5.74, 6) is 0.669. The summed E-state index contributed by atoms with van der Waals surface area (Å²) in [6.07, 6.45) is 3.51. The Labute approximate surface area is 88.0 Å². The fraction of sp³-hybridized carbons (Fsp3) is 1.00. The van der Waals surface area contributed by atoms with E-state index in [1.807, 2.05) is 0 Å². The summed E-state index contributed by atoms with van der Waals surface area (Å²) < 4.78 is 10.6. The van der Waals surface area contributed by atoms with Crippen LogP contribution >= 0.6 is 0 Å². The second-order valence-electron chi connectivity index (χ2n) is 3.95. The lowest BCUT2D eigenvalue weighted by Gasteiger charge is -2.17. The van der Waals surface area contributed by atoms with Gasteiger partial charge in [0.1, 0.15) is 0 Å². The van der Waals surface area contributed by atoms with Crippen LogP contribution in [0.25, 0.3) is 0 Å². The summed E-state index contributed by atoms with van der Waals surface area (Å²) in [7, 11) is 1.74. The van der Waals surface area contributed by atoms with Crippen molar-refractivity contribution in [3.05, 3.63) is 0 Å². The lowest BCUT2D eigenvalue weighted by Crippen LogP contribution is -2.16. The van der Waals surface area contributed by atoms with Gasteiger partial charge >= 0.3 is 0 Å². The standard InChI is InChI=1S/C11H25NO2/c1-10(5-8-13-3)9-11(2)14-7-4-6-12/h10-11H,4-9,12H2,1-3H3. The highest BCUT2D eigenvalue weighted by Crippen LogP contribution is 2.12. The van der Waals surface area contributed by atoms with E-state index < -0.39 is 0 Å². The van der Waals surface area contributed by atoms with E-state index in [-0.39, 0.29) is 0 Å². The summed E-state index contributed by atoms with van der Waals surface area (Å²) in [4.78, 5) is 0. The monoisotopic (exact) mass is 203 g/mol. The van der Waals surface area contributed by atoms with Crippen molar-refractivity contribution < 1.29 is 9.47 Å². The molecular weight excluding hydrogens is 178 g/mol. The van der Waals surface area contributed by atoms with Gasteiger partial charge < -0.3 is 15.2 Å². The van der Waals surface area contributed by atoms with Crippen molar-refractivity contribution >= 4 is 0 Å². The van der Waals surface area contributed by atoms with Crippen LogP contribution in [0.4, 0.5) is 0 Å². The number of ether oxygens (including phenoxy) is 2. The second-order valence-corrected chi connectivity index (χ2v) is 3.95. The summed E-state index contributed by atoms with van der Waals surface area (Å²) in [5, 5.41) is 0. The van der Waals surface area contributed by atoms with E-state index in [4.69, 9.17) is 15.2 Å². The molecule has 86 valence electrons. The molecule has 0 saturated carbocycles. The molecule has 0 rings (SSSR count). The van der Waals surface area contributed by atoms with Crippen molar-refractivity contribution in [3.8, 4) is 0 Å². The van der Waals surface area contributed by atoms with Gasteiger partial charge in [0.05, 0.1) is 6.10 Å². The SMILES string of the molecule is COCCC(C)CC(C)OCCCN. The van der Waals surface area contributed by atoms with Crippen molar-refractivity contribution in [1.82, 2.24) is 0 Å². The van der Waals surface area contributed by atoms with E-state index in [1.54, 1.807) is 7.11 Å². The third-order valence-corrected chi connectivity index (χ3v) is 2.30. The van der Waals surface area contributed by atoms with E-state index in [1.165, 1.54) is 0 Å². The molecule has 0 radical (unpaired) electrons. The molecule has 0 aromatic carbocycles. The van der Waals surface area contributed by atoms with Gasteiger partial charge in [-0.15, -0.1) is 0 Å². The van der Waals surface area contributed by atoms with Gasteiger partial charge in [0.2, 0.25) is 0 Å². The smallest absolute Gasteiger partial charge is 0.0549 e. The largest absolute Gasteiger partial charge is 0.385 e. The van der Waals surface area contributed by atoms with Crippen LogP contribution in [0.15, 0.2) is 0 Å². The first-order chi connectivity index (χ1) is 6.70. The van der Waals surface area contributed by atoms with Gasteiger partial charge in [0.25, 0.3) is 0 Å². The highest BCUT2D eigenvalue weighted by molar-refractivity contribution is 4.59. The van der Waals surface area contributed by atoms with Crippen molar-refractivity contribution in [2.75, 3.05) is 26.9 Å². The maximum atomic E-state index is 5.61. The molecule has 0 aliphatic heterocycles. The molecule has 2 atom stereocenters. The average molecular weight is 203 g/mol. The molecular formula is C11H25NO2. The Hall–Kier alpha value is -0.120. The van der Waals surface area contributed by atoms with Crippen LogP contribution in [0.3, 0.4) is 0 Å². The summed E-state index contributed by atoms with van der Waals surface area (Å²) >= 11 is 0. The van der Waals surface area contributed by atoms with E-state index in [2.05, 4.69) is 13.8 Å². The number of rotatable bonds is 9. The Morgan fingerprint density at radius 2 is 1.93 bits per heavy atom. The van der Waals surface area contributed by atoms with Crippen LogP contribution in [0.5, 0.6) is 0 Å². The van der Waals surface area contributed by atoms with Gasteiger partial charge in [-0.05, 0) is 38.6 Å². The topological polar surface area (TPSA) is 44.5 Å². The van der Waals surface area contributed by atoms with Crippen molar-refractivity contribution in [3.63, 3.8) is 0 Å². The minimum absolute atomic E-state index is 0.341. The van der Waals surface area contributed by atoms with Gasteiger partial charge in [-0.3, -0.25) is 0 Å². The first-order valence-electron chi connectivity index (χ1n) is 5.51. The fourth-order valence-corrected chi connectivity index (χ4v) is 1.44. The molecule has 0 fully saturated rings. The first-order valence-corrected chi connectivity index (χ1v) is 5.51. The molecule has 0 aromatic heterocycles. The lowest BCUT2D eigenvalue weighted by molar-refractivity contribution is 0.0459. The Morgan fingerprint density at radius 3 is 2.50 bits per heavy atom. The second kappa shape index (κ2) is 9.44. The third-order valence-electron chi connectivity index (χ3n) is 2.30. The fourth-order valence-electron chi connectivity index (χ4n) is 1.44. The van der Waals surface area contributed by atoms with E-state index in [9.17, 15) is 0 Å². The van der Waals surface area contributed by atoms with Crippen LogP contribution in [-0.2, 0) is 9.47 Å². The molecule has 0 spiro atoms. The highest BCUT2D eigenvalue weighted by Gasteiger charge is 2.08. The van der Waals surface area contributed by atoms with Crippen LogP contribution in [0.2, 0.25) is 0 Å². The van der Waals surface area contributed by atoms with Gasteiger partial charge in [-0.1, -0.05) is 6.92 Å². The quantitative estimate of drug-likeness (QED) is 0.581. The minimum Gasteiger partial charge on any atom is -0.385 e. The molecule has 2 N–H and O–H groups in total. The maximum Gasteiger partial charge on any atom is 0.0549 e. The molecule has 0 aromatic rings. The van der Waals surface area contributed by atoms with E-state index >= 15 is 0 Å². The minimum atomic E-state index is 0.341. The average Bonchev–Trinajstić information content (AvgIpc) is 2.15. The molecule has 0 heterocycles. The molecule has 0 aliphatic carbocycles.